The Bertz CT molecular complexity index is 869. The van der Waals surface area contributed by atoms with E-state index < -0.39 is 11.4 Å². The lowest BCUT2D eigenvalue weighted by Gasteiger charge is -2.34. The molecule has 114 valence electrons. The minimum atomic E-state index is -1.10. The highest BCUT2D eigenvalue weighted by Crippen LogP contribution is 2.27. The second-order valence-electron chi connectivity index (χ2n) is 5.92. The van der Waals surface area contributed by atoms with E-state index in [0.717, 1.165) is 5.56 Å². The molecule has 0 radical (unpaired) electrons. The van der Waals surface area contributed by atoms with E-state index in [1.54, 1.807) is 19.9 Å². The van der Waals surface area contributed by atoms with Crippen molar-refractivity contribution in [2.24, 2.45) is 0 Å². The molecule has 6 heteroatoms. The van der Waals surface area contributed by atoms with Crippen molar-refractivity contribution in [1.29, 1.82) is 0 Å². The fourth-order valence-corrected chi connectivity index (χ4v) is 3.10. The molecule has 1 aliphatic rings. The van der Waals surface area contributed by atoms with Crippen molar-refractivity contribution in [2.45, 2.75) is 39.2 Å². The van der Waals surface area contributed by atoms with Crippen molar-refractivity contribution in [3.63, 3.8) is 0 Å². The van der Waals surface area contributed by atoms with E-state index in [4.69, 9.17) is 0 Å². The Morgan fingerprint density at radius 2 is 1.95 bits per heavy atom. The van der Waals surface area contributed by atoms with Crippen LogP contribution in [0, 0.1) is 13.8 Å². The molecule has 1 aromatic heterocycles. The average Bonchev–Trinajstić information content (AvgIpc) is 2.43. The normalized spacial score (nSPS) is 22.0. The largest absolute Gasteiger partial charge is 0.294 e. The standard InChI is InChI=1S/C16H17N3O3/c1-9-5-4-6-11-13(9)14(21)19(10(2)17-11)16(3)8-7-12(20)18-15(16)22/h4-6H,7-8H2,1-3H3,(H,18,20,22). The van der Waals surface area contributed by atoms with Gasteiger partial charge < -0.3 is 0 Å². The van der Waals surface area contributed by atoms with E-state index in [0.29, 0.717) is 16.7 Å². The van der Waals surface area contributed by atoms with Crippen molar-refractivity contribution >= 4 is 22.7 Å². The lowest BCUT2D eigenvalue weighted by Crippen LogP contribution is -2.56. The first kappa shape index (κ1) is 14.4. The molecule has 22 heavy (non-hydrogen) atoms. The number of fused-ring (bicyclic) bond motifs is 1. The molecule has 6 nitrogen and oxygen atoms in total. The van der Waals surface area contributed by atoms with Crippen molar-refractivity contribution in [1.82, 2.24) is 14.9 Å². The first-order chi connectivity index (χ1) is 10.3. The highest BCUT2D eigenvalue weighted by atomic mass is 16.2. The van der Waals surface area contributed by atoms with Crippen LogP contribution >= 0.6 is 0 Å². The zero-order chi connectivity index (χ0) is 16.1. The molecule has 2 heterocycles. The van der Waals surface area contributed by atoms with Gasteiger partial charge in [-0.05, 0) is 38.8 Å². The Kier molecular flexibility index (Phi) is 3.12. The quantitative estimate of drug-likeness (QED) is 0.801. The monoisotopic (exact) mass is 299 g/mol. The summed E-state index contributed by atoms with van der Waals surface area (Å²) in [5.74, 6) is -0.295. The van der Waals surface area contributed by atoms with Gasteiger partial charge in [0.2, 0.25) is 5.91 Å². The molecule has 1 aliphatic heterocycles. The van der Waals surface area contributed by atoms with Gasteiger partial charge in [0.15, 0.2) is 0 Å². The zero-order valence-corrected chi connectivity index (χ0v) is 12.8. The maximum atomic E-state index is 13.0. The second kappa shape index (κ2) is 4.76. The van der Waals surface area contributed by atoms with Crippen molar-refractivity contribution < 1.29 is 9.59 Å². The fourth-order valence-electron chi connectivity index (χ4n) is 3.10. The predicted octanol–water partition coefficient (Wildman–Crippen LogP) is 1.17. The van der Waals surface area contributed by atoms with Crippen LogP contribution in [0.15, 0.2) is 23.0 Å². The molecule has 2 amide bonds. The number of nitrogens with zero attached hydrogens (tertiary/aromatic N) is 2. The number of nitrogens with one attached hydrogen (secondary N) is 1. The van der Waals surface area contributed by atoms with E-state index in [1.807, 2.05) is 19.1 Å². The molecule has 1 N–H and O–H groups in total. The summed E-state index contributed by atoms with van der Waals surface area (Å²) in [6.07, 6.45) is 0.497. The van der Waals surface area contributed by atoms with Gasteiger partial charge in [-0.15, -0.1) is 0 Å². The molecule has 1 aromatic carbocycles. The second-order valence-corrected chi connectivity index (χ2v) is 5.92. The van der Waals surface area contributed by atoms with Crippen LogP contribution in [0.25, 0.3) is 10.9 Å². The summed E-state index contributed by atoms with van der Waals surface area (Å²) in [5, 5.41) is 2.83. The summed E-state index contributed by atoms with van der Waals surface area (Å²) >= 11 is 0. The molecule has 2 aromatic rings. The van der Waals surface area contributed by atoms with Crippen molar-refractivity contribution in [3.8, 4) is 0 Å². The van der Waals surface area contributed by atoms with Crippen LogP contribution in [0.3, 0.4) is 0 Å². The number of aryl methyl sites for hydroxylation is 2. The Hall–Kier alpha value is -2.50. The molecule has 0 saturated carbocycles. The van der Waals surface area contributed by atoms with Crippen LogP contribution in [-0.2, 0) is 15.1 Å². The first-order valence-electron chi connectivity index (χ1n) is 7.18. The molecule has 3 rings (SSSR count). The molecule has 1 atom stereocenters. The van der Waals surface area contributed by atoms with Gasteiger partial charge in [0.1, 0.15) is 11.4 Å². The highest BCUT2D eigenvalue weighted by molar-refractivity contribution is 6.01. The molecule has 1 unspecified atom stereocenters. The van der Waals surface area contributed by atoms with E-state index in [-0.39, 0.29) is 24.3 Å². The lowest BCUT2D eigenvalue weighted by atomic mass is 9.90. The third-order valence-electron chi connectivity index (χ3n) is 4.35. The van der Waals surface area contributed by atoms with Crippen LogP contribution in [0.4, 0.5) is 0 Å². The Morgan fingerprint density at radius 1 is 1.23 bits per heavy atom. The number of amides is 2. The number of carbonyl (C=O) groups is 2. The number of carbonyl (C=O) groups excluding carboxylic acids is 2. The summed E-state index contributed by atoms with van der Waals surface area (Å²) in [6.45, 7) is 5.23. The number of hydrogen-bond donors (Lipinski definition) is 1. The summed E-state index contributed by atoms with van der Waals surface area (Å²) in [7, 11) is 0. The van der Waals surface area contributed by atoms with Gasteiger partial charge in [0, 0.05) is 6.42 Å². The zero-order valence-electron chi connectivity index (χ0n) is 12.8. The average molecular weight is 299 g/mol. The fraction of sp³-hybridized carbons (Fsp3) is 0.375. The molecule has 0 aliphatic carbocycles. The number of hydrogen-bond acceptors (Lipinski definition) is 4. The van der Waals surface area contributed by atoms with E-state index in [2.05, 4.69) is 10.3 Å². The van der Waals surface area contributed by atoms with Gasteiger partial charge in [-0.2, -0.15) is 0 Å². The molecule has 0 spiro atoms. The van der Waals surface area contributed by atoms with Crippen LogP contribution in [0.5, 0.6) is 0 Å². The molecular weight excluding hydrogens is 282 g/mol. The Labute approximate surface area is 127 Å². The molecule has 0 bridgehead atoms. The number of rotatable bonds is 1. The van der Waals surface area contributed by atoms with Gasteiger partial charge in [-0.3, -0.25) is 24.3 Å². The van der Waals surface area contributed by atoms with E-state index in [9.17, 15) is 14.4 Å². The van der Waals surface area contributed by atoms with Crippen LogP contribution in [0.2, 0.25) is 0 Å². The lowest BCUT2D eigenvalue weighted by molar-refractivity contribution is -0.140. The minimum absolute atomic E-state index is 0.208. The summed E-state index contributed by atoms with van der Waals surface area (Å²) < 4.78 is 1.42. The van der Waals surface area contributed by atoms with Crippen molar-refractivity contribution in [3.05, 3.63) is 39.9 Å². The topological polar surface area (TPSA) is 81.1 Å². The van der Waals surface area contributed by atoms with Gasteiger partial charge in [0.25, 0.3) is 11.5 Å². The van der Waals surface area contributed by atoms with Crippen molar-refractivity contribution in [2.75, 3.05) is 0 Å². The van der Waals surface area contributed by atoms with Crippen LogP contribution < -0.4 is 10.9 Å². The first-order valence-corrected chi connectivity index (χ1v) is 7.18. The number of imide groups is 1. The third-order valence-corrected chi connectivity index (χ3v) is 4.35. The summed E-state index contributed by atoms with van der Waals surface area (Å²) in [4.78, 5) is 41.2. The summed E-state index contributed by atoms with van der Waals surface area (Å²) in [6, 6.07) is 5.48. The van der Waals surface area contributed by atoms with Gasteiger partial charge in [-0.1, -0.05) is 12.1 Å². The highest BCUT2D eigenvalue weighted by Gasteiger charge is 2.42. The number of aromatic nitrogens is 2. The summed E-state index contributed by atoms with van der Waals surface area (Å²) in [5.41, 5.74) is 0.0975. The molecular formula is C16H17N3O3. The smallest absolute Gasteiger partial charge is 0.262 e. The SMILES string of the molecule is Cc1cccc2nc(C)n(C3(C)CCC(=O)NC3=O)c(=O)c12. The maximum Gasteiger partial charge on any atom is 0.262 e. The van der Waals surface area contributed by atoms with Gasteiger partial charge in [-0.25, -0.2) is 4.98 Å². The minimum Gasteiger partial charge on any atom is -0.294 e. The molecule has 1 saturated heterocycles. The molecule has 1 fully saturated rings. The van der Waals surface area contributed by atoms with Gasteiger partial charge in [0.05, 0.1) is 10.9 Å². The predicted molar refractivity (Wildman–Crippen MR) is 81.5 cm³/mol. The Morgan fingerprint density at radius 3 is 2.64 bits per heavy atom. The van der Waals surface area contributed by atoms with E-state index >= 15 is 0 Å². The number of benzene rings is 1. The van der Waals surface area contributed by atoms with E-state index in [1.165, 1.54) is 4.57 Å². The Balaban J connectivity index is 2.32. The maximum absolute atomic E-state index is 13.0. The van der Waals surface area contributed by atoms with Gasteiger partial charge >= 0.3 is 0 Å². The van der Waals surface area contributed by atoms with Crippen LogP contribution in [-0.4, -0.2) is 21.4 Å². The number of piperidine rings is 1. The third kappa shape index (κ3) is 1.94. The van der Waals surface area contributed by atoms with Crippen LogP contribution in [0.1, 0.15) is 31.2 Å².